The third-order valence-electron chi connectivity index (χ3n) is 4.58. The van der Waals surface area contributed by atoms with Gasteiger partial charge in [-0.25, -0.2) is 13.8 Å². The second-order valence-electron chi connectivity index (χ2n) is 6.79. The van der Waals surface area contributed by atoms with Crippen LogP contribution in [0.4, 0.5) is 14.5 Å². The molecule has 0 spiro atoms. The topological polar surface area (TPSA) is 72.0 Å². The smallest absolute Gasteiger partial charge is 0.255 e. The highest BCUT2D eigenvalue weighted by atomic mass is 35.5. The zero-order chi connectivity index (χ0) is 22.1. The lowest BCUT2D eigenvalue weighted by atomic mass is 10.0. The average Bonchev–Trinajstić information content (AvgIpc) is 2.75. The minimum Gasteiger partial charge on any atom is -0.319 e. The molecule has 0 saturated heterocycles. The fourth-order valence-electron chi connectivity index (χ4n) is 3.07. The molecule has 1 aromatic heterocycles. The van der Waals surface area contributed by atoms with E-state index in [1.807, 2.05) is 0 Å². The first-order chi connectivity index (χ1) is 14.8. The average molecular weight is 438 g/mol. The summed E-state index contributed by atoms with van der Waals surface area (Å²) in [6.45, 7) is 1.74. The Morgan fingerprint density at radius 2 is 1.77 bits per heavy atom. The molecule has 1 N–H and O–H groups in total. The Labute approximate surface area is 180 Å². The number of rotatable bonds is 4. The van der Waals surface area contributed by atoms with E-state index in [2.05, 4.69) is 15.3 Å². The van der Waals surface area contributed by atoms with Crippen LogP contribution in [0.2, 0.25) is 5.02 Å². The van der Waals surface area contributed by atoms with E-state index in [4.69, 9.17) is 11.6 Å². The molecular formula is C23H14ClF2N3O2. The van der Waals surface area contributed by atoms with Gasteiger partial charge in [0, 0.05) is 22.3 Å². The summed E-state index contributed by atoms with van der Waals surface area (Å²) in [5, 5.41) is 2.68. The monoisotopic (exact) mass is 437 g/mol. The van der Waals surface area contributed by atoms with Gasteiger partial charge in [-0.1, -0.05) is 17.7 Å². The largest absolute Gasteiger partial charge is 0.319 e. The van der Waals surface area contributed by atoms with Crippen LogP contribution in [0, 0.1) is 18.6 Å². The van der Waals surface area contributed by atoms with Crippen molar-refractivity contribution < 1.29 is 18.4 Å². The van der Waals surface area contributed by atoms with E-state index in [1.165, 1.54) is 24.3 Å². The van der Waals surface area contributed by atoms with Gasteiger partial charge in [-0.2, -0.15) is 0 Å². The number of halogens is 3. The van der Waals surface area contributed by atoms with E-state index in [9.17, 15) is 14.0 Å². The minimum absolute atomic E-state index is 0.0449. The van der Waals surface area contributed by atoms with Crippen molar-refractivity contribution in [2.45, 2.75) is 6.92 Å². The molecule has 5 nitrogen and oxygen atoms in total. The maximum Gasteiger partial charge on any atom is 0.255 e. The summed E-state index contributed by atoms with van der Waals surface area (Å²) in [7, 11) is 0. The van der Waals surface area contributed by atoms with Gasteiger partial charge >= 0.3 is 0 Å². The van der Waals surface area contributed by atoms with Crippen molar-refractivity contribution in [2.24, 2.45) is 0 Å². The highest BCUT2D eigenvalue weighted by Crippen LogP contribution is 2.25. The summed E-state index contributed by atoms with van der Waals surface area (Å²) in [5.41, 5.74) is 0.744. The number of fused-ring (bicyclic) bond motifs is 1. The van der Waals surface area contributed by atoms with Gasteiger partial charge in [-0.3, -0.25) is 14.6 Å². The van der Waals surface area contributed by atoms with Crippen molar-refractivity contribution in [3.05, 3.63) is 99.8 Å². The highest BCUT2D eigenvalue weighted by molar-refractivity contribution is 6.31. The van der Waals surface area contributed by atoms with Gasteiger partial charge in [0.2, 0.25) is 0 Å². The molecule has 31 heavy (non-hydrogen) atoms. The second kappa shape index (κ2) is 8.20. The van der Waals surface area contributed by atoms with Crippen molar-refractivity contribution >= 4 is 40.0 Å². The van der Waals surface area contributed by atoms with Crippen LogP contribution >= 0.6 is 11.6 Å². The molecule has 0 saturated carbocycles. The fourth-order valence-corrected chi connectivity index (χ4v) is 3.26. The standard InChI is InChI=1S/C23H14ClF2N3O2/c1-12-11-27-17-7-5-13(10-19(17)28-12)22(30)20-16(25)6-8-18(21(20)26)29-23(31)14-3-2-4-15(24)9-14/h2-11H,1H3,(H,29,31). The van der Waals surface area contributed by atoms with Gasteiger partial charge in [0.1, 0.15) is 5.82 Å². The quantitative estimate of drug-likeness (QED) is 0.437. The number of nitrogens with one attached hydrogen (secondary N) is 1. The number of carbonyl (C=O) groups excluding carboxylic acids is 2. The van der Waals surface area contributed by atoms with E-state index in [0.29, 0.717) is 21.7 Å². The zero-order valence-corrected chi connectivity index (χ0v) is 16.9. The summed E-state index contributed by atoms with van der Waals surface area (Å²) in [4.78, 5) is 33.8. The Kier molecular flexibility index (Phi) is 5.44. The molecule has 1 heterocycles. The molecule has 4 aromatic rings. The lowest BCUT2D eigenvalue weighted by molar-refractivity contribution is 0.101. The Bertz CT molecular complexity index is 1360. The van der Waals surface area contributed by atoms with Crippen LogP contribution in [-0.4, -0.2) is 21.7 Å². The molecule has 1 amide bonds. The van der Waals surface area contributed by atoms with E-state index >= 15 is 4.39 Å². The lowest BCUT2D eigenvalue weighted by Gasteiger charge is -2.11. The minimum atomic E-state index is -1.17. The van der Waals surface area contributed by atoms with Gasteiger partial charge in [0.15, 0.2) is 11.6 Å². The van der Waals surface area contributed by atoms with Crippen LogP contribution in [-0.2, 0) is 0 Å². The van der Waals surface area contributed by atoms with Gasteiger partial charge in [-0.05, 0) is 55.5 Å². The van der Waals surface area contributed by atoms with Gasteiger partial charge < -0.3 is 5.32 Å². The first kappa shape index (κ1) is 20.6. The van der Waals surface area contributed by atoms with Crippen LogP contribution in [0.3, 0.4) is 0 Å². The number of hydrogen-bond acceptors (Lipinski definition) is 4. The van der Waals surface area contributed by atoms with Crippen LogP contribution in [0.15, 0.2) is 60.8 Å². The van der Waals surface area contributed by atoms with E-state index in [-0.39, 0.29) is 16.8 Å². The summed E-state index contributed by atoms with van der Waals surface area (Å²) in [5.74, 6) is -3.74. The van der Waals surface area contributed by atoms with Crippen LogP contribution in [0.5, 0.6) is 0 Å². The summed E-state index contributed by atoms with van der Waals surface area (Å²) in [6, 6.07) is 12.4. The van der Waals surface area contributed by atoms with Gasteiger partial charge in [0.25, 0.3) is 5.91 Å². The number of anilines is 1. The molecule has 0 unspecified atom stereocenters. The molecule has 4 rings (SSSR count). The van der Waals surface area contributed by atoms with Crippen LogP contribution in [0.25, 0.3) is 11.0 Å². The van der Waals surface area contributed by atoms with Gasteiger partial charge in [-0.15, -0.1) is 0 Å². The molecule has 0 aliphatic rings. The molecule has 3 aromatic carbocycles. The van der Waals surface area contributed by atoms with Crippen molar-refractivity contribution in [3.8, 4) is 0 Å². The number of carbonyl (C=O) groups is 2. The van der Waals surface area contributed by atoms with Crippen molar-refractivity contribution in [2.75, 3.05) is 5.32 Å². The van der Waals surface area contributed by atoms with Crippen molar-refractivity contribution in [3.63, 3.8) is 0 Å². The van der Waals surface area contributed by atoms with E-state index < -0.39 is 28.9 Å². The van der Waals surface area contributed by atoms with E-state index in [1.54, 1.807) is 31.3 Å². The normalized spacial score (nSPS) is 10.8. The molecule has 0 fully saturated rings. The summed E-state index contributed by atoms with van der Waals surface area (Å²) >= 11 is 5.87. The maximum absolute atomic E-state index is 15.1. The third-order valence-corrected chi connectivity index (χ3v) is 4.81. The molecule has 0 atom stereocenters. The fraction of sp³-hybridized carbons (Fsp3) is 0.0435. The maximum atomic E-state index is 15.1. The number of amides is 1. The summed E-state index contributed by atoms with van der Waals surface area (Å²) in [6.07, 6.45) is 1.58. The zero-order valence-electron chi connectivity index (χ0n) is 16.1. The SMILES string of the molecule is Cc1cnc2ccc(C(=O)c3c(F)ccc(NC(=O)c4cccc(Cl)c4)c3F)cc2n1. The first-order valence-electron chi connectivity index (χ1n) is 9.16. The Morgan fingerprint density at radius 1 is 0.968 bits per heavy atom. The molecule has 0 bridgehead atoms. The van der Waals surface area contributed by atoms with E-state index in [0.717, 1.165) is 12.1 Å². The second-order valence-corrected chi connectivity index (χ2v) is 7.23. The van der Waals surface area contributed by atoms with Crippen LogP contribution < -0.4 is 5.32 Å². The molecule has 0 radical (unpaired) electrons. The number of ketones is 1. The number of benzene rings is 3. The number of aryl methyl sites for hydroxylation is 1. The Hall–Kier alpha value is -3.71. The molecule has 8 heteroatoms. The predicted octanol–water partition coefficient (Wildman–Crippen LogP) is 5.35. The Balaban J connectivity index is 1.70. The van der Waals surface area contributed by atoms with Crippen molar-refractivity contribution in [1.82, 2.24) is 9.97 Å². The Morgan fingerprint density at radius 3 is 2.55 bits per heavy atom. The van der Waals surface area contributed by atoms with Crippen molar-refractivity contribution in [1.29, 1.82) is 0 Å². The molecular weight excluding hydrogens is 424 g/mol. The number of hydrogen-bond donors (Lipinski definition) is 1. The van der Waals surface area contributed by atoms with Gasteiger partial charge in [0.05, 0.1) is 28.0 Å². The third kappa shape index (κ3) is 4.13. The first-order valence-corrected chi connectivity index (χ1v) is 9.54. The lowest BCUT2D eigenvalue weighted by Crippen LogP contribution is -2.16. The molecule has 154 valence electrons. The molecule has 0 aliphatic carbocycles. The number of aromatic nitrogens is 2. The number of nitrogens with zero attached hydrogens (tertiary/aromatic N) is 2. The predicted molar refractivity (Wildman–Crippen MR) is 113 cm³/mol. The summed E-state index contributed by atoms with van der Waals surface area (Å²) < 4.78 is 29.5. The molecule has 0 aliphatic heterocycles. The van der Waals surface area contributed by atoms with Crippen LogP contribution in [0.1, 0.15) is 32.0 Å². The highest BCUT2D eigenvalue weighted by Gasteiger charge is 2.23.